The van der Waals surface area contributed by atoms with Crippen molar-refractivity contribution in [1.29, 1.82) is 0 Å². The van der Waals surface area contributed by atoms with E-state index in [9.17, 15) is 4.79 Å². The summed E-state index contributed by atoms with van der Waals surface area (Å²) in [6.07, 6.45) is 0. The number of anilines is 2. The zero-order valence-electron chi connectivity index (χ0n) is 18.3. The molecule has 0 saturated carbocycles. The normalized spacial score (nSPS) is 12.1. The lowest BCUT2D eigenvalue weighted by Crippen LogP contribution is -2.23. The fraction of sp³-hybridized carbons (Fsp3) is 0.429. The molecule has 1 atom stereocenters. The highest BCUT2D eigenvalue weighted by molar-refractivity contribution is 8.00. The number of rotatable bonds is 8. The summed E-state index contributed by atoms with van der Waals surface area (Å²) in [4.78, 5) is 14.9. The SMILES string of the molecule is CCN(CC)c1ccc(-c2nnc(SC(C)C(=O)Nc3c(C)nn(C)c3C)o2)cc1. The standard InChI is InChI=1S/C21H28N6O2S/c1-7-27(8-2)17-11-9-16(10-12-17)20-23-24-21(29-20)30-15(5)19(28)22-18-13(3)25-26(6)14(18)4/h9-12,15H,7-8H2,1-6H3,(H,22,28). The quantitative estimate of drug-likeness (QED) is 0.541. The average molecular weight is 429 g/mol. The smallest absolute Gasteiger partial charge is 0.277 e. The highest BCUT2D eigenvalue weighted by Gasteiger charge is 2.21. The summed E-state index contributed by atoms with van der Waals surface area (Å²) in [5, 5.41) is 15.5. The van der Waals surface area contributed by atoms with Crippen LogP contribution in [0, 0.1) is 13.8 Å². The third kappa shape index (κ3) is 4.67. The van der Waals surface area contributed by atoms with Crippen molar-refractivity contribution in [2.24, 2.45) is 7.05 Å². The maximum absolute atomic E-state index is 12.6. The zero-order valence-corrected chi connectivity index (χ0v) is 19.1. The van der Waals surface area contributed by atoms with Crippen LogP contribution in [0.25, 0.3) is 11.5 Å². The molecule has 0 fully saturated rings. The van der Waals surface area contributed by atoms with Crippen molar-refractivity contribution < 1.29 is 9.21 Å². The Balaban J connectivity index is 1.65. The van der Waals surface area contributed by atoms with Gasteiger partial charge in [-0.3, -0.25) is 9.48 Å². The van der Waals surface area contributed by atoms with Gasteiger partial charge in [0.25, 0.3) is 5.22 Å². The number of aromatic nitrogens is 4. The van der Waals surface area contributed by atoms with Crippen molar-refractivity contribution in [2.75, 3.05) is 23.3 Å². The highest BCUT2D eigenvalue weighted by atomic mass is 32.2. The molecular weight excluding hydrogens is 400 g/mol. The molecule has 0 saturated heterocycles. The molecule has 0 aliphatic rings. The largest absolute Gasteiger partial charge is 0.411 e. The Morgan fingerprint density at radius 1 is 1.20 bits per heavy atom. The molecule has 2 heterocycles. The Morgan fingerprint density at radius 2 is 1.87 bits per heavy atom. The van der Waals surface area contributed by atoms with Crippen LogP contribution >= 0.6 is 11.8 Å². The van der Waals surface area contributed by atoms with E-state index in [1.54, 1.807) is 4.68 Å². The van der Waals surface area contributed by atoms with Crippen LogP contribution in [0.2, 0.25) is 0 Å². The van der Waals surface area contributed by atoms with Gasteiger partial charge in [0, 0.05) is 31.4 Å². The molecule has 0 radical (unpaired) electrons. The first-order valence-electron chi connectivity index (χ1n) is 10.0. The summed E-state index contributed by atoms with van der Waals surface area (Å²) in [7, 11) is 1.85. The van der Waals surface area contributed by atoms with E-state index in [-0.39, 0.29) is 5.91 Å². The third-order valence-electron chi connectivity index (χ3n) is 5.05. The Morgan fingerprint density at radius 3 is 2.43 bits per heavy atom. The third-order valence-corrected chi connectivity index (χ3v) is 5.99. The molecule has 30 heavy (non-hydrogen) atoms. The van der Waals surface area contributed by atoms with Gasteiger partial charge in [0.05, 0.1) is 22.3 Å². The molecule has 9 heteroatoms. The maximum atomic E-state index is 12.6. The van der Waals surface area contributed by atoms with E-state index < -0.39 is 5.25 Å². The van der Waals surface area contributed by atoms with Gasteiger partial charge < -0.3 is 14.6 Å². The van der Waals surface area contributed by atoms with E-state index in [1.807, 2.05) is 52.1 Å². The van der Waals surface area contributed by atoms with E-state index in [2.05, 4.69) is 39.4 Å². The van der Waals surface area contributed by atoms with Crippen LogP contribution in [-0.4, -0.2) is 44.2 Å². The summed E-state index contributed by atoms with van der Waals surface area (Å²) in [6, 6.07) is 8.04. The zero-order chi connectivity index (χ0) is 21.8. The topological polar surface area (TPSA) is 89.1 Å². The van der Waals surface area contributed by atoms with Gasteiger partial charge in [-0.05, 0) is 58.9 Å². The van der Waals surface area contributed by atoms with Crippen LogP contribution in [0.4, 0.5) is 11.4 Å². The molecule has 0 spiro atoms. The molecule has 160 valence electrons. The maximum Gasteiger partial charge on any atom is 0.277 e. The van der Waals surface area contributed by atoms with Crippen molar-refractivity contribution >= 4 is 29.0 Å². The first-order chi connectivity index (χ1) is 14.3. The van der Waals surface area contributed by atoms with Gasteiger partial charge in [0.1, 0.15) is 0 Å². The number of hydrogen-bond acceptors (Lipinski definition) is 7. The van der Waals surface area contributed by atoms with Crippen molar-refractivity contribution in [1.82, 2.24) is 20.0 Å². The number of carbonyl (C=O) groups excluding carboxylic acids is 1. The monoisotopic (exact) mass is 428 g/mol. The molecule has 3 rings (SSSR count). The summed E-state index contributed by atoms with van der Waals surface area (Å²) >= 11 is 1.23. The van der Waals surface area contributed by atoms with Crippen LogP contribution < -0.4 is 10.2 Å². The molecule has 0 aliphatic heterocycles. The number of carbonyl (C=O) groups is 1. The number of hydrogen-bond donors (Lipinski definition) is 1. The molecule has 0 bridgehead atoms. The minimum atomic E-state index is -0.401. The second kappa shape index (κ2) is 9.34. The van der Waals surface area contributed by atoms with Gasteiger partial charge in [-0.25, -0.2) is 0 Å². The predicted octanol–water partition coefficient (Wildman–Crippen LogP) is 4.05. The lowest BCUT2D eigenvalue weighted by molar-refractivity contribution is -0.115. The number of amides is 1. The Bertz CT molecular complexity index is 1010. The summed E-state index contributed by atoms with van der Waals surface area (Å²) in [6.45, 7) is 11.8. The van der Waals surface area contributed by atoms with Gasteiger partial charge in [-0.1, -0.05) is 11.8 Å². The number of nitrogens with zero attached hydrogens (tertiary/aromatic N) is 5. The number of aryl methyl sites for hydroxylation is 2. The number of nitrogens with one attached hydrogen (secondary N) is 1. The second-order valence-corrected chi connectivity index (χ2v) is 8.30. The molecule has 0 aliphatic carbocycles. The predicted molar refractivity (Wildman–Crippen MR) is 120 cm³/mol. The number of benzene rings is 1. The molecule has 3 aromatic rings. The first-order valence-corrected chi connectivity index (χ1v) is 10.9. The fourth-order valence-corrected chi connectivity index (χ4v) is 3.85. The molecule has 1 N–H and O–H groups in total. The Hall–Kier alpha value is -2.81. The first kappa shape index (κ1) is 21.9. The molecule has 1 unspecified atom stereocenters. The fourth-order valence-electron chi connectivity index (χ4n) is 3.16. The lowest BCUT2D eigenvalue weighted by atomic mass is 10.2. The summed E-state index contributed by atoms with van der Waals surface area (Å²) < 4.78 is 7.52. The van der Waals surface area contributed by atoms with Gasteiger partial charge in [0.15, 0.2) is 0 Å². The van der Waals surface area contributed by atoms with Crippen LogP contribution in [0.3, 0.4) is 0 Å². The van der Waals surface area contributed by atoms with Gasteiger partial charge >= 0.3 is 0 Å². The average Bonchev–Trinajstić information content (AvgIpc) is 3.29. The van der Waals surface area contributed by atoms with Crippen LogP contribution in [0.1, 0.15) is 32.2 Å². The summed E-state index contributed by atoms with van der Waals surface area (Å²) in [5.74, 6) is 0.303. The highest BCUT2D eigenvalue weighted by Crippen LogP contribution is 2.28. The van der Waals surface area contributed by atoms with E-state index >= 15 is 0 Å². The molecular formula is C21H28N6O2S. The van der Waals surface area contributed by atoms with Gasteiger partial charge in [-0.2, -0.15) is 5.10 Å². The summed E-state index contributed by atoms with van der Waals surface area (Å²) in [5.41, 5.74) is 4.45. The Labute approximate surface area is 181 Å². The van der Waals surface area contributed by atoms with Crippen LogP contribution in [0.5, 0.6) is 0 Å². The second-order valence-electron chi connectivity index (χ2n) is 7.01. The minimum absolute atomic E-state index is 0.137. The minimum Gasteiger partial charge on any atom is -0.411 e. The number of thioether (sulfide) groups is 1. The van der Waals surface area contributed by atoms with Crippen molar-refractivity contribution in [3.8, 4) is 11.5 Å². The van der Waals surface area contributed by atoms with Crippen molar-refractivity contribution in [2.45, 2.75) is 45.1 Å². The van der Waals surface area contributed by atoms with E-state index in [0.29, 0.717) is 11.1 Å². The Kier molecular flexibility index (Phi) is 6.81. The van der Waals surface area contributed by atoms with Gasteiger partial charge in [0.2, 0.25) is 11.8 Å². The van der Waals surface area contributed by atoms with E-state index in [4.69, 9.17) is 4.42 Å². The molecule has 8 nitrogen and oxygen atoms in total. The van der Waals surface area contributed by atoms with Crippen molar-refractivity contribution in [3.05, 3.63) is 35.7 Å². The van der Waals surface area contributed by atoms with Crippen molar-refractivity contribution in [3.63, 3.8) is 0 Å². The van der Waals surface area contributed by atoms with E-state index in [1.165, 1.54) is 11.8 Å². The molecule has 2 aromatic heterocycles. The van der Waals surface area contributed by atoms with E-state index in [0.717, 1.165) is 41.4 Å². The van der Waals surface area contributed by atoms with Crippen LogP contribution in [-0.2, 0) is 11.8 Å². The molecule has 1 amide bonds. The lowest BCUT2D eigenvalue weighted by Gasteiger charge is -2.20. The van der Waals surface area contributed by atoms with Gasteiger partial charge in [-0.15, -0.1) is 10.2 Å². The molecule has 1 aromatic carbocycles. The van der Waals surface area contributed by atoms with Crippen LogP contribution in [0.15, 0.2) is 33.9 Å².